The number of sulfonamides is 1. The van der Waals surface area contributed by atoms with Crippen molar-refractivity contribution in [3.63, 3.8) is 0 Å². The van der Waals surface area contributed by atoms with Gasteiger partial charge in [-0.05, 0) is 13.0 Å². The number of aromatic nitrogens is 2. The highest BCUT2D eigenvalue weighted by Gasteiger charge is 2.12. The molecule has 0 aliphatic rings. The zero-order valence-corrected chi connectivity index (χ0v) is 8.00. The van der Waals surface area contributed by atoms with Crippen LogP contribution in [0.3, 0.4) is 0 Å². The minimum atomic E-state index is -3.38. The molecule has 0 aliphatic carbocycles. The minimum absolute atomic E-state index is 0.328. The molecule has 0 amide bonds. The van der Waals surface area contributed by atoms with Crippen LogP contribution in [0.4, 0.5) is 0 Å². The molecule has 1 unspecified atom stereocenters. The quantitative estimate of drug-likeness (QED) is 0.746. The molecule has 0 spiro atoms. The van der Waals surface area contributed by atoms with E-state index >= 15 is 0 Å². The van der Waals surface area contributed by atoms with Crippen molar-refractivity contribution in [3.05, 3.63) is 29.9 Å². The van der Waals surface area contributed by atoms with E-state index in [-0.39, 0.29) is 6.04 Å². The minimum Gasteiger partial charge on any atom is -0.281 e. The Kier molecular flexibility index (Phi) is 2.84. The maximum absolute atomic E-state index is 11.0. The third-order valence-corrected chi connectivity index (χ3v) is 2.67. The van der Waals surface area contributed by atoms with Crippen LogP contribution in [-0.2, 0) is 10.0 Å². The summed E-state index contributed by atoms with van der Waals surface area (Å²) in [7, 11) is -3.38. The van der Waals surface area contributed by atoms with Crippen molar-refractivity contribution < 1.29 is 8.42 Å². The molecule has 6 heteroatoms. The number of nitrogens with one attached hydrogen (secondary N) is 2. The van der Waals surface area contributed by atoms with Crippen molar-refractivity contribution in [2.45, 2.75) is 13.0 Å². The van der Waals surface area contributed by atoms with Crippen LogP contribution in [-0.4, -0.2) is 18.6 Å². The molecule has 0 saturated carbocycles. The Balaban J connectivity index is 2.72. The molecule has 1 heterocycles. The average molecular weight is 201 g/mol. The van der Waals surface area contributed by atoms with Crippen LogP contribution in [0.1, 0.15) is 18.7 Å². The summed E-state index contributed by atoms with van der Waals surface area (Å²) in [5, 5.41) is 7.26. The number of nitrogens with zero attached hydrogens (tertiary/aromatic N) is 1. The average Bonchev–Trinajstić information content (AvgIpc) is 2.55. The van der Waals surface area contributed by atoms with Crippen LogP contribution >= 0.6 is 0 Å². The second-order valence-electron chi connectivity index (χ2n) is 2.56. The summed E-state index contributed by atoms with van der Waals surface area (Å²) >= 11 is 0. The highest BCUT2D eigenvalue weighted by Crippen LogP contribution is 2.08. The fourth-order valence-corrected chi connectivity index (χ4v) is 1.58. The normalized spacial score (nSPS) is 13.9. The molecule has 1 atom stereocenters. The van der Waals surface area contributed by atoms with E-state index in [1.165, 1.54) is 0 Å². The molecule has 72 valence electrons. The summed E-state index contributed by atoms with van der Waals surface area (Å²) in [6.45, 7) is 4.91. The third-order valence-electron chi connectivity index (χ3n) is 1.55. The Hall–Kier alpha value is -1.14. The third kappa shape index (κ3) is 2.67. The first-order chi connectivity index (χ1) is 6.05. The number of aromatic amines is 1. The molecule has 0 radical (unpaired) electrons. The van der Waals surface area contributed by atoms with Gasteiger partial charge in [0.15, 0.2) is 0 Å². The van der Waals surface area contributed by atoms with Crippen molar-refractivity contribution in [1.29, 1.82) is 0 Å². The lowest BCUT2D eigenvalue weighted by Gasteiger charge is -2.09. The van der Waals surface area contributed by atoms with E-state index < -0.39 is 10.0 Å². The van der Waals surface area contributed by atoms with Crippen molar-refractivity contribution in [2.75, 3.05) is 0 Å². The lowest BCUT2D eigenvalue weighted by Crippen LogP contribution is -2.24. The van der Waals surface area contributed by atoms with Crippen LogP contribution in [0, 0.1) is 0 Å². The predicted octanol–water partition coefficient (Wildman–Crippen LogP) is 0.534. The van der Waals surface area contributed by atoms with Gasteiger partial charge in [0.1, 0.15) is 0 Å². The first-order valence-corrected chi connectivity index (χ1v) is 5.24. The molecule has 0 aromatic carbocycles. The van der Waals surface area contributed by atoms with E-state index in [0.717, 1.165) is 5.41 Å². The van der Waals surface area contributed by atoms with Crippen LogP contribution in [0.15, 0.2) is 24.3 Å². The lowest BCUT2D eigenvalue weighted by molar-refractivity contribution is 0.573. The maximum Gasteiger partial charge on any atom is 0.233 e. The van der Waals surface area contributed by atoms with Gasteiger partial charge in [-0.15, -0.1) is 0 Å². The van der Waals surface area contributed by atoms with E-state index in [1.54, 1.807) is 19.2 Å². The first-order valence-electron chi connectivity index (χ1n) is 3.69. The molecule has 1 rings (SSSR count). The molecule has 0 saturated heterocycles. The Bertz CT molecular complexity index is 368. The molecule has 0 fully saturated rings. The van der Waals surface area contributed by atoms with Gasteiger partial charge < -0.3 is 0 Å². The Morgan fingerprint density at radius 1 is 1.77 bits per heavy atom. The summed E-state index contributed by atoms with van der Waals surface area (Å²) in [5.41, 5.74) is 0.713. The smallest absolute Gasteiger partial charge is 0.233 e. The van der Waals surface area contributed by atoms with Crippen molar-refractivity contribution in [2.24, 2.45) is 0 Å². The van der Waals surface area contributed by atoms with Gasteiger partial charge in [0.25, 0.3) is 0 Å². The molecule has 0 bridgehead atoms. The van der Waals surface area contributed by atoms with Gasteiger partial charge in [-0.25, -0.2) is 13.1 Å². The summed E-state index contributed by atoms with van der Waals surface area (Å²) in [5.74, 6) is 0. The van der Waals surface area contributed by atoms with Crippen LogP contribution in [0.2, 0.25) is 0 Å². The number of hydrogen-bond donors (Lipinski definition) is 2. The molecular weight excluding hydrogens is 190 g/mol. The predicted molar refractivity (Wildman–Crippen MR) is 49.3 cm³/mol. The highest BCUT2D eigenvalue weighted by molar-refractivity contribution is 7.92. The molecule has 1 aromatic heterocycles. The monoisotopic (exact) mass is 201 g/mol. The molecule has 1 aromatic rings. The van der Waals surface area contributed by atoms with E-state index in [0.29, 0.717) is 5.69 Å². The Morgan fingerprint density at radius 3 is 2.92 bits per heavy atom. The largest absolute Gasteiger partial charge is 0.281 e. The van der Waals surface area contributed by atoms with Crippen LogP contribution in [0.5, 0.6) is 0 Å². The molecule has 13 heavy (non-hydrogen) atoms. The molecule has 5 nitrogen and oxygen atoms in total. The maximum atomic E-state index is 11.0. The molecular formula is C7H11N3O2S. The summed E-state index contributed by atoms with van der Waals surface area (Å²) in [4.78, 5) is 0. The number of rotatable bonds is 4. The lowest BCUT2D eigenvalue weighted by atomic mass is 10.3. The molecule has 2 N–H and O–H groups in total. The van der Waals surface area contributed by atoms with E-state index in [2.05, 4.69) is 21.5 Å². The van der Waals surface area contributed by atoms with Gasteiger partial charge in [-0.2, -0.15) is 5.10 Å². The topological polar surface area (TPSA) is 74.8 Å². The summed E-state index contributed by atoms with van der Waals surface area (Å²) in [6, 6.07) is 1.38. The molecule has 0 aliphatic heterocycles. The van der Waals surface area contributed by atoms with Gasteiger partial charge in [-0.1, -0.05) is 6.58 Å². The highest BCUT2D eigenvalue weighted by atomic mass is 32.2. The van der Waals surface area contributed by atoms with Gasteiger partial charge in [0.2, 0.25) is 10.0 Å². The van der Waals surface area contributed by atoms with Gasteiger partial charge >= 0.3 is 0 Å². The SMILES string of the molecule is C=CS(=O)(=O)NC(C)c1ccn[nH]1. The van der Waals surface area contributed by atoms with Crippen molar-refractivity contribution >= 4 is 10.0 Å². The van der Waals surface area contributed by atoms with E-state index in [9.17, 15) is 8.42 Å². The second-order valence-corrected chi connectivity index (χ2v) is 4.22. The summed E-state index contributed by atoms with van der Waals surface area (Å²) in [6.07, 6.45) is 1.56. The summed E-state index contributed by atoms with van der Waals surface area (Å²) < 4.78 is 24.5. The van der Waals surface area contributed by atoms with Gasteiger partial charge in [0.05, 0.1) is 11.7 Å². The van der Waals surface area contributed by atoms with E-state index in [1.807, 2.05) is 0 Å². The first kappa shape index (κ1) is 9.94. The van der Waals surface area contributed by atoms with Gasteiger partial charge in [0, 0.05) is 11.6 Å². The van der Waals surface area contributed by atoms with E-state index in [4.69, 9.17) is 0 Å². The van der Waals surface area contributed by atoms with Crippen molar-refractivity contribution in [1.82, 2.24) is 14.9 Å². The van der Waals surface area contributed by atoms with Crippen molar-refractivity contribution in [3.8, 4) is 0 Å². The number of hydrogen-bond acceptors (Lipinski definition) is 3. The standard InChI is InChI=1S/C7H11N3O2S/c1-3-13(11,12)10-6(2)7-4-5-8-9-7/h3-6,10H,1H2,2H3,(H,8,9). The van der Waals surface area contributed by atoms with Crippen LogP contribution < -0.4 is 4.72 Å². The Morgan fingerprint density at radius 2 is 2.46 bits per heavy atom. The fourth-order valence-electron chi connectivity index (χ4n) is 0.866. The van der Waals surface area contributed by atoms with Gasteiger partial charge in [-0.3, -0.25) is 5.10 Å². The zero-order valence-electron chi connectivity index (χ0n) is 7.19. The number of H-pyrrole nitrogens is 1. The second kappa shape index (κ2) is 3.71. The van der Waals surface area contributed by atoms with Crippen LogP contribution in [0.25, 0.3) is 0 Å². The fraction of sp³-hybridized carbons (Fsp3) is 0.286. The Labute approximate surface area is 76.9 Å². The zero-order chi connectivity index (χ0) is 9.90.